The van der Waals surface area contributed by atoms with E-state index in [-0.39, 0.29) is 17.4 Å². The van der Waals surface area contributed by atoms with Crippen molar-refractivity contribution in [1.29, 1.82) is 0 Å². The molecule has 1 aliphatic rings. The van der Waals surface area contributed by atoms with Crippen molar-refractivity contribution in [2.45, 2.75) is 45.6 Å². The molecule has 2 aromatic rings. The van der Waals surface area contributed by atoms with E-state index < -0.39 is 0 Å². The van der Waals surface area contributed by atoms with Gasteiger partial charge >= 0.3 is 0 Å². The third kappa shape index (κ3) is 2.96. The molecule has 122 valence electrons. The number of nitrogens with zero attached hydrogens (tertiary/aromatic N) is 2. The standard InChI is InChI=1S/C18H23N3O2/c1-5-23-13-8-6-12(7-9-13)14-10-16(22)20-17-15(14)11-19-21(17)18(2,3)4/h6-9,11,14H,5,10H2,1-4H3,(H,20,22)/t14-/m0/s1. The molecule has 0 fully saturated rings. The van der Waals surface area contributed by atoms with E-state index in [0.29, 0.717) is 13.0 Å². The number of carbonyl (C=O) groups is 1. The highest BCUT2D eigenvalue weighted by atomic mass is 16.5. The number of nitrogens with one attached hydrogen (secondary N) is 1. The average Bonchev–Trinajstić information content (AvgIpc) is 2.91. The summed E-state index contributed by atoms with van der Waals surface area (Å²) in [4.78, 5) is 12.2. The molecule has 0 saturated heterocycles. The minimum Gasteiger partial charge on any atom is -0.494 e. The second-order valence-corrected chi connectivity index (χ2v) is 6.84. The average molecular weight is 313 g/mol. The summed E-state index contributed by atoms with van der Waals surface area (Å²) in [5.74, 6) is 1.72. The maximum Gasteiger partial charge on any atom is 0.226 e. The maximum atomic E-state index is 12.2. The predicted octanol–water partition coefficient (Wildman–Crippen LogP) is 3.51. The summed E-state index contributed by atoms with van der Waals surface area (Å²) in [6.45, 7) is 8.84. The van der Waals surface area contributed by atoms with Crippen LogP contribution in [0.4, 0.5) is 5.82 Å². The largest absolute Gasteiger partial charge is 0.494 e. The van der Waals surface area contributed by atoms with Gasteiger partial charge in [0, 0.05) is 17.9 Å². The van der Waals surface area contributed by atoms with Crippen molar-refractivity contribution in [3.63, 3.8) is 0 Å². The molecular weight excluding hydrogens is 290 g/mol. The zero-order valence-electron chi connectivity index (χ0n) is 14.1. The molecule has 5 nitrogen and oxygen atoms in total. The van der Waals surface area contributed by atoms with Crippen LogP contribution in [0.3, 0.4) is 0 Å². The SMILES string of the molecule is CCOc1ccc([C@@H]2CC(=O)Nc3c2cnn3C(C)(C)C)cc1. The number of hydrogen-bond donors (Lipinski definition) is 1. The quantitative estimate of drug-likeness (QED) is 0.943. The van der Waals surface area contributed by atoms with Gasteiger partial charge in [-0.2, -0.15) is 5.10 Å². The third-order valence-electron chi connectivity index (χ3n) is 4.05. The van der Waals surface area contributed by atoms with E-state index in [9.17, 15) is 4.79 Å². The van der Waals surface area contributed by atoms with Crippen molar-refractivity contribution >= 4 is 11.7 Å². The van der Waals surface area contributed by atoms with Gasteiger partial charge in [0.15, 0.2) is 0 Å². The minimum atomic E-state index is -0.179. The molecule has 0 unspecified atom stereocenters. The van der Waals surface area contributed by atoms with Crippen LogP contribution in [0.25, 0.3) is 0 Å². The van der Waals surface area contributed by atoms with Gasteiger partial charge in [0.1, 0.15) is 11.6 Å². The summed E-state index contributed by atoms with van der Waals surface area (Å²) in [6, 6.07) is 7.98. The number of hydrogen-bond acceptors (Lipinski definition) is 3. The molecule has 5 heteroatoms. The number of carbonyl (C=O) groups excluding carboxylic acids is 1. The Morgan fingerprint density at radius 3 is 2.61 bits per heavy atom. The van der Waals surface area contributed by atoms with Crippen molar-refractivity contribution < 1.29 is 9.53 Å². The van der Waals surface area contributed by atoms with Gasteiger partial charge in [-0.15, -0.1) is 0 Å². The molecule has 1 aromatic heterocycles. The molecule has 1 N–H and O–H groups in total. The smallest absolute Gasteiger partial charge is 0.226 e. The second kappa shape index (κ2) is 5.72. The number of ether oxygens (including phenoxy) is 1. The lowest BCUT2D eigenvalue weighted by Crippen LogP contribution is -2.30. The first-order valence-corrected chi connectivity index (χ1v) is 8.01. The highest BCUT2D eigenvalue weighted by Gasteiger charge is 2.32. The summed E-state index contributed by atoms with van der Waals surface area (Å²) < 4.78 is 7.38. The number of fused-ring (bicyclic) bond motifs is 1. The zero-order chi connectivity index (χ0) is 16.6. The van der Waals surface area contributed by atoms with E-state index in [1.54, 1.807) is 0 Å². The molecule has 0 saturated carbocycles. The van der Waals surface area contributed by atoms with Crippen LogP contribution in [0.2, 0.25) is 0 Å². The Hall–Kier alpha value is -2.30. The Morgan fingerprint density at radius 1 is 1.30 bits per heavy atom. The molecule has 0 aliphatic carbocycles. The van der Waals surface area contributed by atoms with Crippen LogP contribution in [0.15, 0.2) is 30.5 Å². The van der Waals surface area contributed by atoms with Crippen LogP contribution in [0, 0.1) is 0 Å². The predicted molar refractivity (Wildman–Crippen MR) is 89.9 cm³/mol. The van der Waals surface area contributed by atoms with E-state index in [4.69, 9.17) is 4.74 Å². The van der Waals surface area contributed by atoms with Gasteiger partial charge in [-0.3, -0.25) is 4.79 Å². The molecule has 0 spiro atoms. The number of amides is 1. The van der Waals surface area contributed by atoms with E-state index in [1.807, 2.05) is 42.1 Å². The lowest BCUT2D eigenvalue weighted by Gasteiger charge is -2.28. The molecular formula is C18H23N3O2. The van der Waals surface area contributed by atoms with Crippen LogP contribution >= 0.6 is 0 Å². The van der Waals surface area contributed by atoms with Crippen LogP contribution in [0.1, 0.15) is 51.2 Å². The van der Waals surface area contributed by atoms with E-state index in [1.165, 1.54) is 0 Å². The van der Waals surface area contributed by atoms with E-state index >= 15 is 0 Å². The minimum absolute atomic E-state index is 0.0300. The Bertz CT molecular complexity index is 711. The number of benzene rings is 1. The van der Waals surface area contributed by atoms with Gasteiger partial charge in [-0.25, -0.2) is 4.68 Å². The molecule has 23 heavy (non-hydrogen) atoms. The lowest BCUT2D eigenvalue weighted by atomic mass is 9.87. The third-order valence-corrected chi connectivity index (χ3v) is 4.05. The Morgan fingerprint density at radius 2 is 2.00 bits per heavy atom. The lowest BCUT2D eigenvalue weighted by molar-refractivity contribution is -0.116. The summed E-state index contributed by atoms with van der Waals surface area (Å²) in [5.41, 5.74) is 2.00. The van der Waals surface area contributed by atoms with Crippen molar-refractivity contribution in [3.05, 3.63) is 41.6 Å². The summed E-state index contributed by atoms with van der Waals surface area (Å²) in [7, 11) is 0. The molecule has 0 radical (unpaired) electrons. The monoisotopic (exact) mass is 313 g/mol. The van der Waals surface area contributed by atoms with Crippen molar-refractivity contribution in [2.75, 3.05) is 11.9 Å². The van der Waals surface area contributed by atoms with Crippen molar-refractivity contribution in [2.24, 2.45) is 0 Å². The Kier molecular flexibility index (Phi) is 3.88. The summed E-state index contributed by atoms with van der Waals surface area (Å²) in [5, 5.41) is 7.49. The van der Waals surface area contributed by atoms with Gasteiger partial charge in [0.05, 0.1) is 18.3 Å². The zero-order valence-corrected chi connectivity index (χ0v) is 14.1. The highest BCUT2D eigenvalue weighted by molar-refractivity contribution is 5.94. The highest BCUT2D eigenvalue weighted by Crippen LogP contribution is 2.39. The van der Waals surface area contributed by atoms with Crippen molar-refractivity contribution in [1.82, 2.24) is 9.78 Å². The Balaban J connectivity index is 1.99. The number of anilines is 1. The van der Waals surface area contributed by atoms with Gasteiger partial charge in [0.25, 0.3) is 0 Å². The topological polar surface area (TPSA) is 56.1 Å². The van der Waals surface area contributed by atoms with Crippen LogP contribution in [-0.2, 0) is 10.3 Å². The molecule has 0 bridgehead atoms. The molecule has 1 aliphatic heterocycles. The second-order valence-electron chi connectivity index (χ2n) is 6.84. The summed E-state index contributed by atoms with van der Waals surface area (Å²) >= 11 is 0. The fraction of sp³-hybridized carbons (Fsp3) is 0.444. The normalized spacial score (nSPS) is 17.6. The van der Waals surface area contributed by atoms with E-state index in [0.717, 1.165) is 22.7 Å². The Labute approximate surface area is 136 Å². The molecule has 1 amide bonds. The van der Waals surface area contributed by atoms with Crippen molar-refractivity contribution in [3.8, 4) is 5.75 Å². The first-order valence-electron chi connectivity index (χ1n) is 8.01. The first kappa shape index (κ1) is 15.6. The van der Waals surface area contributed by atoms with Gasteiger partial charge in [-0.05, 0) is 45.4 Å². The fourth-order valence-electron chi connectivity index (χ4n) is 2.99. The number of aromatic nitrogens is 2. The molecule has 2 heterocycles. The van der Waals surface area contributed by atoms with Crippen LogP contribution in [-0.4, -0.2) is 22.3 Å². The maximum absolute atomic E-state index is 12.2. The van der Waals surface area contributed by atoms with Gasteiger partial charge < -0.3 is 10.1 Å². The van der Waals surface area contributed by atoms with Crippen LogP contribution < -0.4 is 10.1 Å². The first-order chi connectivity index (χ1) is 10.9. The van der Waals surface area contributed by atoms with Gasteiger partial charge in [0.2, 0.25) is 5.91 Å². The molecule has 1 aromatic carbocycles. The van der Waals surface area contributed by atoms with Gasteiger partial charge in [-0.1, -0.05) is 12.1 Å². The fourth-order valence-corrected chi connectivity index (χ4v) is 2.99. The molecule has 3 rings (SSSR count). The summed E-state index contributed by atoms with van der Waals surface area (Å²) in [6.07, 6.45) is 2.32. The van der Waals surface area contributed by atoms with E-state index in [2.05, 4.69) is 31.2 Å². The van der Waals surface area contributed by atoms with Crippen LogP contribution in [0.5, 0.6) is 5.75 Å². The number of rotatable bonds is 3. The molecule has 1 atom stereocenters.